The van der Waals surface area contributed by atoms with Crippen LogP contribution in [0.2, 0.25) is 0 Å². The fourth-order valence-corrected chi connectivity index (χ4v) is 2.43. The highest BCUT2D eigenvalue weighted by Crippen LogP contribution is 2.37. The van der Waals surface area contributed by atoms with E-state index in [9.17, 15) is 5.11 Å². The Hall–Kier alpha value is -1.59. The summed E-state index contributed by atoms with van der Waals surface area (Å²) >= 11 is 1.34. The van der Waals surface area contributed by atoms with E-state index < -0.39 is 0 Å². The second-order valence-electron chi connectivity index (χ2n) is 3.54. The van der Waals surface area contributed by atoms with Gasteiger partial charge in [-0.25, -0.2) is 4.98 Å². The van der Waals surface area contributed by atoms with E-state index in [-0.39, 0.29) is 6.61 Å². The third-order valence-corrected chi connectivity index (χ3v) is 3.44. The van der Waals surface area contributed by atoms with Crippen molar-refractivity contribution in [2.45, 2.75) is 13.5 Å². The van der Waals surface area contributed by atoms with Crippen molar-refractivity contribution in [3.8, 4) is 22.2 Å². The zero-order valence-corrected chi connectivity index (χ0v) is 11.2. The van der Waals surface area contributed by atoms with Crippen LogP contribution in [0, 0.1) is 0 Å². The number of ether oxygens (including phenoxy) is 2. The second-order valence-corrected chi connectivity index (χ2v) is 4.59. The molecule has 4 nitrogen and oxygen atoms in total. The summed E-state index contributed by atoms with van der Waals surface area (Å²) in [5, 5.41) is 9.93. The number of aromatic nitrogens is 1. The van der Waals surface area contributed by atoms with Gasteiger partial charge in [0, 0.05) is 5.56 Å². The Morgan fingerprint density at radius 3 is 2.78 bits per heavy atom. The van der Waals surface area contributed by atoms with Gasteiger partial charge in [-0.15, -0.1) is 0 Å². The third-order valence-electron chi connectivity index (χ3n) is 2.44. The number of nitrogens with zero attached hydrogens (tertiary/aromatic N) is 1. The molecule has 0 bridgehead atoms. The molecule has 1 heterocycles. The van der Waals surface area contributed by atoms with Gasteiger partial charge in [-0.3, -0.25) is 0 Å². The van der Waals surface area contributed by atoms with Crippen LogP contribution in [-0.4, -0.2) is 23.8 Å². The Balaban J connectivity index is 2.50. The number of para-hydroxylation sites is 1. The Morgan fingerprint density at radius 1 is 1.33 bits per heavy atom. The summed E-state index contributed by atoms with van der Waals surface area (Å²) < 4.78 is 10.7. The first-order valence-electron chi connectivity index (χ1n) is 5.66. The lowest BCUT2D eigenvalue weighted by Gasteiger charge is -2.08. The van der Waals surface area contributed by atoms with E-state index in [1.54, 1.807) is 7.11 Å². The van der Waals surface area contributed by atoms with Crippen molar-refractivity contribution in [1.82, 2.24) is 4.98 Å². The number of aliphatic hydroxyl groups excluding tert-OH is 1. The summed E-state index contributed by atoms with van der Waals surface area (Å²) in [6.45, 7) is 2.47. The normalized spacial score (nSPS) is 10.4. The Bertz CT molecular complexity index is 525. The molecule has 0 aliphatic rings. The zero-order valence-electron chi connectivity index (χ0n) is 10.3. The van der Waals surface area contributed by atoms with Crippen molar-refractivity contribution in [2.24, 2.45) is 0 Å². The number of thiazole rings is 1. The van der Waals surface area contributed by atoms with E-state index >= 15 is 0 Å². The van der Waals surface area contributed by atoms with Crippen molar-refractivity contribution in [3.63, 3.8) is 0 Å². The molecular formula is C13H15NO3S. The van der Waals surface area contributed by atoms with Crippen molar-refractivity contribution in [1.29, 1.82) is 0 Å². The first kappa shape index (κ1) is 12.9. The quantitative estimate of drug-likeness (QED) is 0.903. The minimum Gasteiger partial charge on any atom is -0.493 e. The van der Waals surface area contributed by atoms with Gasteiger partial charge in [-0.1, -0.05) is 23.5 Å². The minimum absolute atomic E-state index is 0.0587. The molecule has 0 atom stereocenters. The van der Waals surface area contributed by atoms with Gasteiger partial charge in [0.25, 0.3) is 5.19 Å². The lowest BCUT2D eigenvalue weighted by molar-refractivity contribution is 0.285. The molecular weight excluding hydrogens is 250 g/mol. The predicted molar refractivity (Wildman–Crippen MR) is 71.2 cm³/mol. The summed E-state index contributed by atoms with van der Waals surface area (Å²) in [5.41, 5.74) is 1.60. The maximum Gasteiger partial charge on any atom is 0.273 e. The van der Waals surface area contributed by atoms with Crippen LogP contribution in [0.1, 0.15) is 11.8 Å². The van der Waals surface area contributed by atoms with E-state index in [2.05, 4.69) is 4.98 Å². The number of rotatable bonds is 5. The van der Waals surface area contributed by atoms with Gasteiger partial charge in [0.05, 0.1) is 30.9 Å². The SMILES string of the molecule is CCOc1ccccc1-c1nc(OC)sc1CO. The Kier molecular flexibility index (Phi) is 4.17. The highest BCUT2D eigenvalue weighted by atomic mass is 32.1. The average Bonchev–Trinajstić information content (AvgIpc) is 2.83. The highest BCUT2D eigenvalue weighted by Gasteiger charge is 2.16. The molecule has 96 valence electrons. The lowest BCUT2D eigenvalue weighted by Crippen LogP contribution is -1.95. The first-order valence-corrected chi connectivity index (χ1v) is 6.48. The molecule has 5 heteroatoms. The number of hydrogen-bond acceptors (Lipinski definition) is 5. The van der Waals surface area contributed by atoms with Crippen molar-refractivity contribution in [3.05, 3.63) is 29.1 Å². The number of benzene rings is 1. The minimum atomic E-state index is -0.0587. The fourth-order valence-electron chi connectivity index (χ4n) is 1.68. The summed E-state index contributed by atoms with van der Waals surface area (Å²) in [7, 11) is 1.57. The molecule has 1 aromatic heterocycles. The molecule has 1 aromatic carbocycles. The molecule has 0 saturated heterocycles. The molecule has 1 N–H and O–H groups in total. The van der Waals surface area contributed by atoms with Crippen LogP contribution in [0.3, 0.4) is 0 Å². The molecule has 0 amide bonds. The van der Waals surface area contributed by atoms with Crippen LogP contribution in [0.25, 0.3) is 11.3 Å². The predicted octanol–water partition coefficient (Wildman–Crippen LogP) is 2.71. The number of hydrogen-bond donors (Lipinski definition) is 1. The molecule has 0 fully saturated rings. The summed E-state index contributed by atoms with van der Waals surface area (Å²) in [5.74, 6) is 0.766. The topological polar surface area (TPSA) is 51.6 Å². The van der Waals surface area contributed by atoms with Gasteiger partial charge < -0.3 is 14.6 Å². The second kappa shape index (κ2) is 5.84. The maximum absolute atomic E-state index is 9.38. The molecule has 0 saturated carbocycles. The van der Waals surface area contributed by atoms with E-state index in [1.807, 2.05) is 31.2 Å². The molecule has 0 radical (unpaired) electrons. The highest BCUT2D eigenvalue weighted by molar-refractivity contribution is 7.13. The average molecular weight is 265 g/mol. The van der Waals surface area contributed by atoms with Gasteiger partial charge in [-0.05, 0) is 19.1 Å². The molecule has 2 rings (SSSR count). The lowest BCUT2D eigenvalue weighted by atomic mass is 10.1. The standard InChI is InChI=1S/C13H15NO3S/c1-3-17-10-7-5-4-6-9(10)12-11(8-15)18-13(14-12)16-2/h4-7,15H,3,8H2,1-2H3. The third kappa shape index (κ3) is 2.47. The largest absolute Gasteiger partial charge is 0.493 e. The Morgan fingerprint density at radius 2 is 2.11 bits per heavy atom. The van der Waals surface area contributed by atoms with E-state index in [4.69, 9.17) is 9.47 Å². The van der Waals surface area contributed by atoms with Crippen LogP contribution in [0.5, 0.6) is 10.9 Å². The van der Waals surface area contributed by atoms with Gasteiger partial charge in [0.1, 0.15) is 5.75 Å². The fraction of sp³-hybridized carbons (Fsp3) is 0.308. The number of methoxy groups -OCH3 is 1. The summed E-state index contributed by atoms with van der Waals surface area (Å²) in [4.78, 5) is 5.15. The molecule has 0 aliphatic carbocycles. The van der Waals surface area contributed by atoms with Gasteiger partial charge in [0.2, 0.25) is 0 Å². The monoisotopic (exact) mass is 265 g/mol. The molecule has 0 spiro atoms. The van der Waals surface area contributed by atoms with Crippen molar-refractivity contribution in [2.75, 3.05) is 13.7 Å². The van der Waals surface area contributed by atoms with Crippen LogP contribution in [0.4, 0.5) is 0 Å². The van der Waals surface area contributed by atoms with Gasteiger partial charge in [-0.2, -0.15) is 0 Å². The van der Waals surface area contributed by atoms with Crippen LogP contribution < -0.4 is 9.47 Å². The molecule has 2 aromatic rings. The maximum atomic E-state index is 9.38. The van der Waals surface area contributed by atoms with Crippen LogP contribution in [0.15, 0.2) is 24.3 Å². The first-order chi connectivity index (χ1) is 8.80. The zero-order chi connectivity index (χ0) is 13.0. The van der Waals surface area contributed by atoms with Gasteiger partial charge in [0.15, 0.2) is 0 Å². The molecule has 0 aliphatic heterocycles. The molecule has 0 unspecified atom stereocenters. The smallest absolute Gasteiger partial charge is 0.273 e. The number of aliphatic hydroxyl groups is 1. The summed E-state index contributed by atoms with van der Waals surface area (Å²) in [6, 6.07) is 7.66. The van der Waals surface area contributed by atoms with Gasteiger partial charge >= 0.3 is 0 Å². The van der Waals surface area contributed by atoms with Crippen LogP contribution >= 0.6 is 11.3 Å². The van der Waals surface area contributed by atoms with Crippen molar-refractivity contribution >= 4 is 11.3 Å². The van der Waals surface area contributed by atoms with Crippen molar-refractivity contribution < 1.29 is 14.6 Å². The van der Waals surface area contributed by atoms with E-state index in [0.717, 1.165) is 21.9 Å². The summed E-state index contributed by atoms with van der Waals surface area (Å²) in [6.07, 6.45) is 0. The molecule has 18 heavy (non-hydrogen) atoms. The van der Waals surface area contributed by atoms with E-state index in [0.29, 0.717) is 11.8 Å². The van der Waals surface area contributed by atoms with Crippen LogP contribution in [-0.2, 0) is 6.61 Å². The van der Waals surface area contributed by atoms with E-state index in [1.165, 1.54) is 11.3 Å². The Labute approximate surface area is 110 Å².